The largest absolute Gasteiger partial charge is 0.295 e. The second-order valence-corrected chi connectivity index (χ2v) is 2.86. The average molecular weight is 166 g/mol. The van der Waals surface area contributed by atoms with E-state index < -0.39 is 0 Å². The minimum atomic E-state index is 0.154. The molecule has 1 nitrogen and oxygen atoms in total. The SMILES string of the molecule is C=CCC(=O)C=CCCCCC. The van der Waals surface area contributed by atoms with Crippen LogP contribution in [0.2, 0.25) is 0 Å². The first kappa shape index (κ1) is 11.2. The summed E-state index contributed by atoms with van der Waals surface area (Å²) in [5.41, 5.74) is 0. The zero-order chi connectivity index (χ0) is 9.23. The third-order valence-corrected chi connectivity index (χ3v) is 1.62. The highest BCUT2D eigenvalue weighted by atomic mass is 16.1. The molecule has 0 aliphatic heterocycles. The van der Waals surface area contributed by atoms with Gasteiger partial charge in [0, 0.05) is 6.42 Å². The summed E-state index contributed by atoms with van der Waals surface area (Å²) in [6.07, 6.45) is 10.4. The molecule has 0 fully saturated rings. The Bertz CT molecular complexity index is 156. The summed E-state index contributed by atoms with van der Waals surface area (Å²) in [6.45, 7) is 5.68. The Labute approximate surface area is 75.2 Å². The molecule has 0 aliphatic carbocycles. The summed E-state index contributed by atoms with van der Waals surface area (Å²) in [4.78, 5) is 10.9. The van der Waals surface area contributed by atoms with Crippen molar-refractivity contribution < 1.29 is 4.79 Å². The lowest BCUT2D eigenvalue weighted by Gasteiger charge is -1.91. The Morgan fingerprint density at radius 2 is 2.17 bits per heavy atom. The van der Waals surface area contributed by atoms with Crippen molar-refractivity contribution in [3.63, 3.8) is 0 Å². The number of hydrogen-bond donors (Lipinski definition) is 0. The van der Waals surface area contributed by atoms with E-state index in [9.17, 15) is 4.79 Å². The second kappa shape index (κ2) is 8.25. The first-order valence-electron chi connectivity index (χ1n) is 4.61. The maximum absolute atomic E-state index is 10.9. The summed E-state index contributed by atoms with van der Waals surface area (Å²) in [6, 6.07) is 0. The van der Waals surface area contributed by atoms with Gasteiger partial charge in [-0.3, -0.25) is 4.79 Å². The molecular formula is C11H18O. The summed E-state index contributed by atoms with van der Waals surface area (Å²) >= 11 is 0. The number of rotatable bonds is 7. The standard InChI is InChI=1S/C11H18O/c1-3-5-6-7-8-10-11(12)9-4-2/h4,8,10H,2-3,5-7,9H2,1H3. The van der Waals surface area contributed by atoms with E-state index in [1.165, 1.54) is 19.3 Å². The van der Waals surface area contributed by atoms with Crippen LogP contribution in [0.3, 0.4) is 0 Å². The number of hydrogen-bond acceptors (Lipinski definition) is 1. The van der Waals surface area contributed by atoms with Gasteiger partial charge in [-0.25, -0.2) is 0 Å². The maximum atomic E-state index is 10.9. The van der Waals surface area contributed by atoms with Crippen LogP contribution in [0.1, 0.15) is 39.0 Å². The zero-order valence-corrected chi connectivity index (χ0v) is 7.88. The van der Waals surface area contributed by atoms with Crippen LogP contribution in [-0.2, 0) is 4.79 Å². The first-order chi connectivity index (χ1) is 5.81. The van der Waals surface area contributed by atoms with Gasteiger partial charge in [0.15, 0.2) is 5.78 Å². The zero-order valence-electron chi connectivity index (χ0n) is 7.88. The molecule has 0 saturated carbocycles. The maximum Gasteiger partial charge on any atom is 0.159 e. The van der Waals surface area contributed by atoms with E-state index in [0.29, 0.717) is 6.42 Å². The molecule has 0 spiro atoms. The molecule has 0 aromatic rings. The van der Waals surface area contributed by atoms with Gasteiger partial charge in [-0.05, 0) is 18.9 Å². The number of carbonyl (C=O) groups is 1. The van der Waals surface area contributed by atoms with Crippen LogP contribution >= 0.6 is 0 Å². The van der Waals surface area contributed by atoms with E-state index in [2.05, 4.69) is 13.5 Å². The Hall–Kier alpha value is -0.850. The molecule has 0 aliphatic rings. The van der Waals surface area contributed by atoms with Gasteiger partial charge in [0.1, 0.15) is 0 Å². The van der Waals surface area contributed by atoms with E-state index in [0.717, 1.165) is 6.42 Å². The van der Waals surface area contributed by atoms with Gasteiger partial charge < -0.3 is 0 Å². The van der Waals surface area contributed by atoms with Crippen molar-refractivity contribution in [1.82, 2.24) is 0 Å². The van der Waals surface area contributed by atoms with Gasteiger partial charge in [-0.15, -0.1) is 6.58 Å². The molecule has 0 atom stereocenters. The summed E-state index contributed by atoms with van der Waals surface area (Å²) in [7, 11) is 0. The Morgan fingerprint density at radius 1 is 1.42 bits per heavy atom. The van der Waals surface area contributed by atoms with E-state index in [4.69, 9.17) is 0 Å². The van der Waals surface area contributed by atoms with Gasteiger partial charge in [-0.1, -0.05) is 31.9 Å². The quantitative estimate of drug-likeness (QED) is 0.322. The summed E-state index contributed by atoms with van der Waals surface area (Å²) in [5, 5.41) is 0. The predicted molar refractivity (Wildman–Crippen MR) is 53.1 cm³/mol. The third kappa shape index (κ3) is 7.26. The fourth-order valence-electron chi connectivity index (χ4n) is 0.937. The van der Waals surface area contributed by atoms with E-state index >= 15 is 0 Å². The van der Waals surface area contributed by atoms with Crippen molar-refractivity contribution in [2.45, 2.75) is 39.0 Å². The molecule has 0 heterocycles. The van der Waals surface area contributed by atoms with Crippen LogP contribution in [-0.4, -0.2) is 5.78 Å². The lowest BCUT2D eigenvalue weighted by atomic mass is 10.2. The highest BCUT2D eigenvalue weighted by Gasteiger charge is 1.89. The number of carbonyl (C=O) groups excluding carboxylic acids is 1. The molecule has 68 valence electrons. The van der Waals surface area contributed by atoms with Crippen LogP contribution in [0.15, 0.2) is 24.8 Å². The fraction of sp³-hybridized carbons (Fsp3) is 0.545. The number of ketones is 1. The van der Waals surface area contributed by atoms with Gasteiger partial charge in [0.2, 0.25) is 0 Å². The number of allylic oxidation sites excluding steroid dienone is 3. The molecule has 0 N–H and O–H groups in total. The van der Waals surface area contributed by atoms with Gasteiger partial charge in [0.05, 0.1) is 0 Å². The molecule has 0 amide bonds. The van der Waals surface area contributed by atoms with Crippen molar-refractivity contribution in [3.8, 4) is 0 Å². The molecule has 1 heteroatoms. The van der Waals surface area contributed by atoms with E-state index in [1.807, 2.05) is 6.08 Å². The number of unbranched alkanes of at least 4 members (excludes halogenated alkanes) is 3. The molecule has 0 unspecified atom stereocenters. The van der Waals surface area contributed by atoms with E-state index in [-0.39, 0.29) is 5.78 Å². The van der Waals surface area contributed by atoms with Crippen molar-refractivity contribution in [1.29, 1.82) is 0 Å². The highest BCUT2D eigenvalue weighted by Crippen LogP contribution is 1.99. The molecule has 0 radical (unpaired) electrons. The summed E-state index contributed by atoms with van der Waals surface area (Å²) in [5.74, 6) is 0.154. The fourth-order valence-corrected chi connectivity index (χ4v) is 0.937. The van der Waals surface area contributed by atoms with Crippen molar-refractivity contribution in [2.24, 2.45) is 0 Å². The van der Waals surface area contributed by atoms with Crippen LogP contribution < -0.4 is 0 Å². The minimum Gasteiger partial charge on any atom is -0.295 e. The van der Waals surface area contributed by atoms with Crippen LogP contribution in [0.4, 0.5) is 0 Å². The Morgan fingerprint density at radius 3 is 2.75 bits per heavy atom. The molecule has 12 heavy (non-hydrogen) atoms. The summed E-state index contributed by atoms with van der Waals surface area (Å²) < 4.78 is 0. The van der Waals surface area contributed by atoms with Crippen LogP contribution in [0, 0.1) is 0 Å². The molecule has 0 rings (SSSR count). The smallest absolute Gasteiger partial charge is 0.159 e. The van der Waals surface area contributed by atoms with Crippen molar-refractivity contribution in [3.05, 3.63) is 24.8 Å². The third-order valence-electron chi connectivity index (χ3n) is 1.62. The van der Waals surface area contributed by atoms with Gasteiger partial charge in [-0.2, -0.15) is 0 Å². The Balaban J connectivity index is 3.34. The average Bonchev–Trinajstić information content (AvgIpc) is 2.05. The van der Waals surface area contributed by atoms with Gasteiger partial charge >= 0.3 is 0 Å². The highest BCUT2D eigenvalue weighted by molar-refractivity contribution is 5.90. The molecule has 0 bridgehead atoms. The molecule has 0 aromatic heterocycles. The lowest BCUT2D eigenvalue weighted by Crippen LogP contribution is -1.87. The monoisotopic (exact) mass is 166 g/mol. The molecule has 0 aromatic carbocycles. The van der Waals surface area contributed by atoms with Gasteiger partial charge in [0.25, 0.3) is 0 Å². The lowest BCUT2D eigenvalue weighted by molar-refractivity contribution is -0.113. The van der Waals surface area contributed by atoms with Crippen molar-refractivity contribution >= 4 is 5.78 Å². The first-order valence-corrected chi connectivity index (χ1v) is 4.61. The predicted octanol–water partition coefficient (Wildman–Crippen LogP) is 3.27. The van der Waals surface area contributed by atoms with E-state index in [1.54, 1.807) is 12.2 Å². The topological polar surface area (TPSA) is 17.1 Å². The minimum absolute atomic E-state index is 0.154. The molecule has 0 saturated heterocycles. The van der Waals surface area contributed by atoms with Crippen molar-refractivity contribution in [2.75, 3.05) is 0 Å². The van der Waals surface area contributed by atoms with Crippen LogP contribution in [0.25, 0.3) is 0 Å². The normalized spacial score (nSPS) is 10.4. The Kier molecular flexibility index (Phi) is 7.66. The molecular weight excluding hydrogens is 148 g/mol. The van der Waals surface area contributed by atoms with Crippen LogP contribution in [0.5, 0.6) is 0 Å². The second-order valence-electron chi connectivity index (χ2n) is 2.86.